The minimum Gasteiger partial charge on any atom is -0.726 e. The third-order valence-corrected chi connectivity index (χ3v) is 6.42. The van der Waals surface area contributed by atoms with Gasteiger partial charge in [-0.25, -0.2) is 13.2 Å². The summed E-state index contributed by atoms with van der Waals surface area (Å²) >= 11 is 0. The molecule has 0 heterocycles. The maximum Gasteiger partial charge on any atom is 0.338 e. The van der Waals surface area contributed by atoms with E-state index in [4.69, 9.17) is 4.74 Å². The molecule has 0 atom stereocenters. The molecule has 31 heavy (non-hydrogen) atoms. The fourth-order valence-electron chi connectivity index (χ4n) is 2.36. The van der Waals surface area contributed by atoms with Crippen LogP contribution in [-0.4, -0.2) is 26.0 Å². The molecule has 0 aliphatic heterocycles. The third-order valence-electron chi connectivity index (χ3n) is 3.78. The molecule has 0 unspecified atom stereocenters. The van der Waals surface area contributed by atoms with Crippen LogP contribution in [-0.2, 0) is 30.3 Å². The molecule has 0 aromatic heterocycles. The van der Waals surface area contributed by atoms with Crippen LogP contribution in [0.3, 0.4) is 0 Å². The standard InChI is InChI=1S/C22H19O2S.CH4O4S/c1-17(2)22(23)24-18-13-15-21(16-14-18)25(19-9-5-3-6-10-19)20-11-7-4-8-12-20;1-5-6(2,3)4/h3-16H,1H2,2H3;1H3,(H,2,3,4)/q+1;/p-1. The fourth-order valence-corrected chi connectivity index (χ4v) is 4.44. The second-order valence-corrected chi connectivity index (χ2v) is 9.32. The van der Waals surface area contributed by atoms with E-state index in [1.807, 2.05) is 36.4 Å². The van der Waals surface area contributed by atoms with E-state index in [1.54, 1.807) is 6.92 Å². The van der Waals surface area contributed by atoms with Crippen LogP contribution >= 0.6 is 0 Å². The summed E-state index contributed by atoms with van der Waals surface area (Å²) < 4.78 is 36.3. The highest BCUT2D eigenvalue weighted by Crippen LogP contribution is 2.31. The van der Waals surface area contributed by atoms with Crippen LogP contribution in [0.4, 0.5) is 0 Å². The second kappa shape index (κ2) is 11.5. The molecule has 6 nitrogen and oxygen atoms in total. The zero-order valence-electron chi connectivity index (χ0n) is 17.1. The van der Waals surface area contributed by atoms with E-state index in [-0.39, 0.29) is 10.9 Å². The van der Waals surface area contributed by atoms with Crippen LogP contribution in [0.25, 0.3) is 0 Å². The van der Waals surface area contributed by atoms with E-state index in [0.717, 1.165) is 7.11 Å². The van der Waals surface area contributed by atoms with E-state index in [9.17, 15) is 17.8 Å². The molecule has 0 saturated heterocycles. The Hall–Kier alpha value is -2.91. The van der Waals surface area contributed by atoms with E-state index in [2.05, 4.69) is 59.3 Å². The Morgan fingerprint density at radius 3 is 1.58 bits per heavy atom. The zero-order chi connectivity index (χ0) is 22.9. The number of carbonyl (C=O) groups excluding carboxylic acids is 1. The van der Waals surface area contributed by atoms with Crippen LogP contribution in [0.5, 0.6) is 5.75 Å². The first kappa shape index (κ1) is 24.4. The van der Waals surface area contributed by atoms with Crippen molar-refractivity contribution in [3.63, 3.8) is 0 Å². The number of hydrogen-bond donors (Lipinski definition) is 0. The van der Waals surface area contributed by atoms with Crippen LogP contribution in [0.1, 0.15) is 6.92 Å². The first-order valence-electron chi connectivity index (χ1n) is 9.05. The van der Waals surface area contributed by atoms with Crippen LogP contribution in [0.2, 0.25) is 0 Å². The summed E-state index contributed by atoms with van der Waals surface area (Å²) in [5, 5.41) is 0. The zero-order valence-corrected chi connectivity index (χ0v) is 18.7. The Morgan fingerprint density at radius 2 is 1.23 bits per heavy atom. The highest BCUT2D eigenvalue weighted by atomic mass is 32.3. The predicted octanol–water partition coefficient (Wildman–Crippen LogP) is 4.36. The Balaban J connectivity index is 0.000000501. The molecule has 0 aliphatic rings. The molecule has 3 rings (SSSR count). The molecule has 3 aromatic rings. The maximum absolute atomic E-state index is 11.7. The molecule has 0 spiro atoms. The van der Waals surface area contributed by atoms with Gasteiger partial charge in [-0.2, -0.15) is 0 Å². The Bertz CT molecular complexity index is 1060. The van der Waals surface area contributed by atoms with Gasteiger partial charge in [0.15, 0.2) is 14.7 Å². The van der Waals surface area contributed by atoms with Crippen molar-refractivity contribution in [2.75, 3.05) is 7.11 Å². The Labute approximate surface area is 185 Å². The topological polar surface area (TPSA) is 92.7 Å². The van der Waals surface area contributed by atoms with Gasteiger partial charge in [0.25, 0.3) is 0 Å². The molecule has 0 amide bonds. The lowest BCUT2D eigenvalue weighted by Crippen LogP contribution is -2.08. The van der Waals surface area contributed by atoms with Gasteiger partial charge in [-0.3, -0.25) is 4.18 Å². The third kappa shape index (κ3) is 8.03. The van der Waals surface area contributed by atoms with E-state index in [0.29, 0.717) is 11.3 Å². The Morgan fingerprint density at radius 1 is 0.839 bits per heavy atom. The van der Waals surface area contributed by atoms with Crippen molar-refractivity contribution in [1.29, 1.82) is 0 Å². The highest BCUT2D eigenvalue weighted by Gasteiger charge is 2.28. The normalized spacial score (nSPS) is 10.7. The average Bonchev–Trinajstić information content (AvgIpc) is 2.76. The molecule has 0 radical (unpaired) electrons. The predicted molar refractivity (Wildman–Crippen MR) is 119 cm³/mol. The van der Waals surface area contributed by atoms with E-state index >= 15 is 0 Å². The minimum atomic E-state index is -4.41. The largest absolute Gasteiger partial charge is 0.726 e. The molecule has 0 saturated carbocycles. The van der Waals surface area contributed by atoms with Gasteiger partial charge < -0.3 is 9.29 Å². The monoisotopic (exact) mass is 458 g/mol. The van der Waals surface area contributed by atoms with Crippen LogP contribution in [0, 0.1) is 0 Å². The highest BCUT2D eigenvalue weighted by molar-refractivity contribution is 7.97. The van der Waals surface area contributed by atoms with Gasteiger partial charge in [0, 0.05) is 5.57 Å². The van der Waals surface area contributed by atoms with Gasteiger partial charge >= 0.3 is 5.97 Å². The molecular weight excluding hydrogens is 436 g/mol. The SMILES string of the molecule is C=C(C)C(=O)Oc1ccc([S+](c2ccccc2)c2ccccc2)cc1.COS(=O)(=O)[O-]. The molecule has 0 bridgehead atoms. The van der Waals surface area contributed by atoms with Crippen LogP contribution in [0.15, 0.2) is 112 Å². The fraction of sp³-hybridized carbons (Fsp3) is 0.0870. The lowest BCUT2D eigenvalue weighted by Gasteiger charge is -2.09. The molecule has 0 N–H and O–H groups in total. The van der Waals surface area contributed by atoms with Crippen molar-refractivity contribution >= 4 is 27.3 Å². The van der Waals surface area contributed by atoms with Crippen LogP contribution < -0.4 is 4.74 Å². The molecule has 3 aromatic carbocycles. The average molecular weight is 459 g/mol. The quantitative estimate of drug-likeness (QED) is 0.136. The molecular formula is C23H22O6S2. The summed E-state index contributed by atoms with van der Waals surface area (Å²) in [5.74, 6) is 0.124. The summed E-state index contributed by atoms with van der Waals surface area (Å²) in [6.45, 7) is 5.24. The van der Waals surface area contributed by atoms with E-state index in [1.165, 1.54) is 14.7 Å². The summed E-state index contributed by atoms with van der Waals surface area (Å²) in [5.41, 5.74) is 0.386. The smallest absolute Gasteiger partial charge is 0.338 e. The lowest BCUT2D eigenvalue weighted by atomic mass is 10.3. The molecule has 162 valence electrons. The van der Waals surface area contributed by atoms with Gasteiger partial charge in [-0.15, -0.1) is 0 Å². The van der Waals surface area contributed by atoms with Gasteiger partial charge in [0.2, 0.25) is 10.4 Å². The minimum absolute atomic E-state index is 0.202. The first-order valence-corrected chi connectivity index (χ1v) is 11.6. The number of ether oxygens (including phenoxy) is 1. The molecule has 0 aliphatic carbocycles. The van der Waals surface area contributed by atoms with Gasteiger partial charge in [0.05, 0.1) is 18.0 Å². The summed E-state index contributed by atoms with van der Waals surface area (Å²) in [4.78, 5) is 15.3. The summed E-state index contributed by atoms with van der Waals surface area (Å²) in [6, 6.07) is 28.6. The van der Waals surface area contributed by atoms with Crippen molar-refractivity contribution < 1.29 is 26.7 Å². The van der Waals surface area contributed by atoms with Gasteiger partial charge in [0.1, 0.15) is 5.75 Å². The van der Waals surface area contributed by atoms with Crippen molar-refractivity contribution in [2.24, 2.45) is 0 Å². The van der Waals surface area contributed by atoms with Gasteiger partial charge in [-0.1, -0.05) is 43.0 Å². The summed E-state index contributed by atoms with van der Waals surface area (Å²) in [6.07, 6.45) is 0. The van der Waals surface area contributed by atoms with Gasteiger partial charge in [-0.05, 0) is 55.5 Å². The number of hydrogen-bond acceptors (Lipinski definition) is 6. The number of benzene rings is 3. The lowest BCUT2D eigenvalue weighted by molar-refractivity contribution is -0.130. The van der Waals surface area contributed by atoms with Crippen molar-refractivity contribution in [3.8, 4) is 5.75 Å². The Kier molecular flexibility index (Phi) is 9.02. The van der Waals surface area contributed by atoms with Crippen molar-refractivity contribution in [2.45, 2.75) is 21.6 Å². The maximum atomic E-state index is 11.7. The van der Waals surface area contributed by atoms with E-state index < -0.39 is 16.4 Å². The van der Waals surface area contributed by atoms with Crippen molar-refractivity contribution in [3.05, 3.63) is 97.1 Å². The second-order valence-electron chi connectivity index (χ2n) is 6.15. The van der Waals surface area contributed by atoms with Crippen molar-refractivity contribution in [1.82, 2.24) is 0 Å². The number of carbonyl (C=O) groups is 1. The number of rotatable bonds is 6. The molecule has 8 heteroatoms. The first-order chi connectivity index (χ1) is 14.7. The molecule has 0 fully saturated rings. The number of esters is 1. The summed E-state index contributed by atoms with van der Waals surface area (Å²) in [7, 11) is -3.81.